The molecule has 1 nitrogen and oxygen atoms in total. The minimum absolute atomic E-state index is 0.361. The molecular formula is C13H33N. The van der Waals surface area contributed by atoms with Gasteiger partial charge in [0.05, 0.1) is 0 Å². The van der Waals surface area contributed by atoms with Gasteiger partial charge >= 0.3 is 0 Å². The van der Waals surface area contributed by atoms with Crippen molar-refractivity contribution in [2.24, 2.45) is 16.6 Å². The summed E-state index contributed by atoms with van der Waals surface area (Å²) in [5, 5.41) is 0. The Morgan fingerprint density at radius 1 is 0.857 bits per heavy atom. The average Bonchev–Trinajstić information content (AvgIpc) is 2.05. The first kappa shape index (κ1) is 19.5. The SMILES string of the molecule is CC.CC(C)(C)C.CCC(C)(C)CN. The molecule has 0 spiro atoms. The number of hydrogen-bond donors (Lipinski definition) is 1. The normalized spacial score (nSPS) is 10.7. The second kappa shape index (κ2) is 9.51. The van der Waals surface area contributed by atoms with Crippen LogP contribution in [-0.2, 0) is 0 Å². The van der Waals surface area contributed by atoms with Crippen LogP contribution in [0.4, 0.5) is 0 Å². The lowest BCUT2D eigenvalue weighted by Gasteiger charge is -2.18. The van der Waals surface area contributed by atoms with Gasteiger partial charge in [0.15, 0.2) is 0 Å². The van der Waals surface area contributed by atoms with Crippen molar-refractivity contribution in [2.75, 3.05) is 6.54 Å². The monoisotopic (exact) mass is 203 g/mol. The zero-order valence-electron chi connectivity index (χ0n) is 12.0. The van der Waals surface area contributed by atoms with Crippen molar-refractivity contribution in [1.82, 2.24) is 0 Å². The summed E-state index contributed by atoms with van der Waals surface area (Å²) in [6.07, 6.45) is 1.17. The van der Waals surface area contributed by atoms with Crippen LogP contribution < -0.4 is 5.73 Å². The molecule has 0 aliphatic heterocycles. The largest absolute Gasteiger partial charge is 0.330 e. The molecule has 0 bridgehead atoms. The zero-order valence-corrected chi connectivity index (χ0v) is 12.0. The molecule has 0 amide bonds. The molecule has 0 fully saturated rings. The maximum absolute atomic E-state index is 5.42. The Kier molecular flexibility index (Phi) is 13.3. The molecule has 1 heteroatoms. The van der Waals surface area contributed by atoms with Crippen molar-refractivity contribution in [1.29, 1.82) is 0 Å². The third kappa shape index (κ3) is 40.4. The second-order valence-corrected chi connectivity index (χ2v) is 5.72. The summed E-state index contributed by atoms with van der Waals surface area (Å²) < 4.78 is 0. The Hall–Kier alpha value is -0.0400. The summed E-state index contributed by atoms with van der Waals surface area (Å²) >= 11 is 0. The molecule has 0 aromatic carbocycles. The van der Waals surface area contributed by atoms with Crippen LogP contribution in [-0.4, -0.2) is 6.54 Å². The average molecular weight is 203 g/mol. The molecule has 0 aliphatic rings. The number of rotatable bonds is 2. The van der Waals surface area contributed by atoms with E-state index in [9.17, 15) is 0 Å². The molecule has 0 atom stereocenters. The molecule has 0 heterocycles. The number of hydrogen-bond acceptors (Lipinski definition) is 1. The molecule has 0 aliphatic carbocycles. The van der Waals surface area contributed by atoms with Crippen molar-refractivity contribution < 1.29 is 0 Å². The van der Waals surface area contributed by atoms with E-state index in [1.54, 1.807) is 0 Å². The fraction of sp³-hybridized carbons (Fsp3) is 1.00. The van der Waals surface area contributed by atoms with E-state index in [0.29, 0.717) is 10.8 Å². The van der Waals surface area contributed by atoms with Crippen molar-refractivity contribution in [3.05, 3.63) is 0 Å². The molecule has 0 unspecified atom stereocenters. The highest BCUT2D eigenvalue weighted by atomic mass is 14.6. The summed E-state index contributed by atoms with van der Waals surface area (Å²) in [6.45, 7) is 20.1. The zero-order chi connectivity index (χ0) is 12.4. The van der Waals surface area contributed by atoms with Gasteiger partial charge in [-0.2, -0.15) is 0 Å². The Balaban J connectivity index is -0.000000152. The minimum atomic E-state index is 0.361. The topological polar surface area (TPSA) is 26.0 Å². The summed E-state index contributed by atoms with van der Waals surface area (Å²) in [5.74, 6) is 0. The third-order valence-corrected chi connectivity index (χ3v) is 1.51. The van der Waals surface area contributed by atoms with Gasteiger partial charge in [-0.25, -0.2) is 0 Å². The highest BCUT2D eigenvalue weighted by Gasteiger charge is 2.10. The molecule has 0 rings (SSSR count). The van der Waals surface area contributed by atoms with E-state index in [1.807, 2.05) is 13.8 Å². The second-order valence-electron chi connectivity index (χ2n) is 5.72. The van der Waals surface area contributed by atoms with Gasteiger partial charge in [0.25, 0.3) is 0 Å². The molecule has 90 valence electrons. The van der Waals surface area contributed by atoms with E-state index < -0.39 is 0 Å². The van der Waals surface area contributed by atoms with E-state index in [2.05, 4.69) is 48.5 Å². The first-order valence-electron chi connectivity index (χ1n) is 5.82. The Labute approximate surface area is 92.5 Å². The van der Waals surface area contributed by atoms with E-state index in [1.165, 1.54) is 6.42 Å². The predicted molar refractivity (Wildman–Crippen MR) is 69.6 cm³/mol. The van der Waals surface area contributed by atoms with Crippen LogP contribution in [0.5, 0.6) is 0 Å². The van der Waals surface area contributed by atoms with Crippen LogP contribution in [0.3, 0.4) is 0 Å². The van der Waals surface area contributed by atoms with Gasteiger partial charge in [-0.05, 0) is 23.8 Å². The van der Waals surface area contributed by atoms with Crippen LogP contribution >= 0.6 is 0 Å². The van der Waals surface area contributed by atoms with Crippen LogP contribution in [0, 0.1) is 10.8 Å². The van der Waals surface area contributed by atoms with Crippen molar-refractivity contribution in [3.8, 4) is 0 Å². The fourth-order valence-electron chi connectivity index (χ4n) is 0.144. The lowest BCUT2D eigenvalue weighted by atomic mass is 9.91. The van der Waals surface area contributed by atoms with Crippen molar-refractivity contribution >= 4 is 0 Å². The standard InChI is InChI=1S/C6H15N.C5H12.C2H6/c1-4-6(2,3)5-7;1-5(2,3)4;1-2/h4-5,7H2,1-3H3;1-4H3;1-2H3. The van der Waals surface area contributed by atoms with Crippen LogP contribution in [0.15, 0.2) is 0 Å². The molecular weight excluding hydrogens is 170 g/mol. The van der Waals surface area contributed by atoms with E-state index in [0.717, 1.165) is 6.54 Å². The molecule has 0 saturated carbocycles. The van der Waals surface area contributed by atoms with Gasteiger partial charge in [-0.15, -0.1) is 0 Å². The van der Waals surface area contributed by atoms with Gasteiger partial charge in [-0.3, -0.25) is 0 Å². The van der Waals surface area contributed by atoms with Crippen LogP contribution in [0.1, 0.15) is 68.7 Å². The Morgan fingerprint density at radius 3 is 1.07 bits per heavy atom. The summed E-state index contributed by atoms with van der Waals surface area (Å²) in [7, 11) is 0. The van der Waals surface area contributed by atoms with E-state index in [4.69, 9.17) is 5.73 Å². The lowest BCUT2D eigenvalue weighted by molar-refractivity contribution is 0.365. The smallest absolute Gasteiger partial charge is 0.00259 e. The summed E-state index contributed by atoms with van der Waals surface area (Å²) in [4.78, 5) is 0. The predicted octanol–water partition coefficient (Wildman–Crippen LogP) is 4.46. The fourth-order valence-corrected chi connectivity index (χ4v) is 0.144. The molecule has 0 saturated heterocycles. The van der Waals surface area contributed by atoms with E-state index >= 15 is 0 Å². The maximum atomic E-state index is 5.42. The molecule has 14 heavy (non-hydrogen) atoms. The maximum Gasteiger partial charge on any atom is -0.00259 e. The highest BCUT2D eigenvalue weighted by molar-refractivity contribution is 4.65. The molecule has 0 aromatic rings. The highest BCUT2D eigenvalue weighted by Crippen LogP contribution is 2.15. The molecule has 0 radical (unpaired) electrons. The van der Waals surface area contributed by atoms with Crippen LogP contribution in [0.2, 0.25) is 0 Å². The minimum Gasteiger partial charge on any atom is -0.330 e. The first-order chi connectivity index (χ1) is 6.12. The summed E-state index contributed by atoms with van der Waals surface area (Å²) in [6, 6.07) is 0. The Morgan fingerprint density at radius 2 is 1.07 bits per heavy atom. The van der Waals surface area contributed by atoms with E-state index in [-0.39, 0.29) is 0 Å². The van der Waals surface area contributed by atoms with Gasteiger partial charge in [0.2, 0.25) is 0 Å². The molecule has 2 N–H and O–H groups in total. The van der Waals surface area contributed by atoms with Crippen molar-refractivity contribution in [3.63, 3.8) is 0 Å². The van der Waals surface area contributed by atoms with Gasteiger partial charge in [0.1, 0.15) is 0 Å². The van der Waals surface area contributed by atoms with Gasteiger partial charge in [-0.1, -0.05) is 62.3 Å². The first-order valence-corrected chi connectivity index (χ1v) is 5.82. The van der Waals surface area contributed by atoms with Gasteiger partial charge in [0, 0.05) is 0 Å². The lowest BCUT2D eigenvalue weighted by Crippen LogP contribution is -2.21. The molecule has 0 aromatic heterocycles. The number of nitrogens with two attached hydrogens (primary N) is 1. The quantitative estimate of drug-likeness (QED) is 0.704. The Bertz CT molecular complexity index is 86.3. The van der Waals surface area contributed by atoms with Gasteiger partial charge < -0.3 is 5.73 Å². The summed E-state index contributed by atoms with van der Waals surface area (Å²) in [5.41, 5.74) is 6.28. The van der Waals surface area contributed by atoms with Crippen molar-refractivity contribution in [2.45, 2.75) is 68.7 Å². The van der Waals surface area contributed by atoms with Crippen LogP contribution in [0.25, 0.3) is 0 Å². The third-order valence-electron chi connectivity index (χ3n) is 1.51.